The molecular formula is C16H13N5O4S. The number of tetrazole rings is 1. The third kappa shape index (κ3) is 3.45. The number of rotatable bonds is 6. The van der Waals surface area contributed by atoms with Gasteiger partial charge in [-0.05, 0) is 22.6 Å². The van der Waals surface area contributed by atoms with E-state index in [9.17, 15) is 4.79 Å². The molecule has 0 saturated carbocycles. The van der Waals surface area contributed by atoms with Crippen LogP contribution in [0.1, 0.15) is 5.69 Å². The minimum absolute atomic E-state index is 0.0141. The lowest BCUT2D eigenvalue weighted by atomic mass is 10.2. The number of carbonyl (C=O) groups excluding carboxylic acids is 1. The minimum Gasteiger partial charge on any atom is -0.458 e. The normalized spacial score (nSPS) is 11.1. The van der Waals surface area contributed by atoms with Crippen molar-refractivity contribution in [1.29, 1.82) is 0 Å². The van der Waals surface area contributed by atoms with Crippen molar-refractivity contribution in [2.45, 2.75) is 11.8 Å². The van der Waals surface area contributed by atoms with E-state index in [1.54, 1.807) is 13.1 Å². The van der Waals surface area contributed by atoms with Crippen LogP contribution < -0.4 is 0 Å². The van der Waals surface area contributed by atoms with Crippen molar-refractivity contribution in [2.24, 2.45) is 7.05 Å². The maximum Gasteiger partial charge on any atom is 0.316 e. The summed E-state index contributed by atoms with van der Waals surface area (Å²) >= 11 is 1.19. The van der Waals surface area contributed by atoms with Crippen LogP contribution in [0.15, 0.2) is 50.5 Å². The molecule has 132 valence electrons. The van der Waals surface area contributed by atoms with Crippen molar-refractivity contribution in [3.63, 3.8) is 0 Å². The molecule has 0 fully saturated rings. The molecule has 0 aliphatic rings. The lowest BCUT2D eigenvalue weighted by Crippen LogP contribution is -2.08. The van der Waals surface area contributed by atoms with Crippen LogP contribution in [0.5, 0.6) is 0 Å². The third-order valence-electron chi connectivity index (χ3n) is 3.51. The second-order valence-corrected chi connectivity index (χ2v) is 6.31. The standard InChI is InChI=1S/C16H13N5O4S/c1-21-16(17-19-20-21)26-9-15(22)23-8-11-7-14(25-18-11)13-6-10-4-2-3-5-12(10)24-13/h2-7H,8-9H2,1H3. The van der Waals surface area contributed by atoms with Crippen LogP contribution in [0.2, 0.25) is 0 Å². The average molecular weight is 371 g/mol. The van der Waals surface area contributed by atoms with Gasteiger partial charge in [-0.15, -0.1) is 5.10 Å². The molecule has 0 aliphatic heterocycles. The molecule has 0 radical (unpaired) electrons. The maximum atomic E-state index is 11.8. The Morgan fingerprint density at radius 1 is 1.27 bits per heavy atom. The fourth-order valence-electron chi connectivity index (χ4n) is 2.26. The molecule has 0 unspecified atom stereocenters. The van der Waals surface area contributed by atoms with Gasteiger partial charge in [0.25, 0.3) is 0 Å². The van der Waals surface area contributed by atoms with E-state index in [1.165, 1.54) is 16.4 Å². The molecule has 0 N–H and O–H groups in total. The number of hydrogen-bond donors (Lipinski definition) is 0. The smallest absolute Gasteiger partial charge is 0.316 e. The molecule has 4 aromatic rings. The number of fused-ring (bicyclic) bond motifs is 1. The van der Waals surface area contributed by atoms with Gasteiger partial charge in [-0.2, -0.15) is 0 Å². The zero-order valence-corrected chi connectivity index (χ0v) is 14.5. The summed E-state index contributed by atoms with van der Waals surface area (Å²) in [6.45, 7) is 0.0141. The number of thioether (sulfide) groups is 1. The Labute approximate surface area is 151 Å². The molecule has 0 amide bonds. The summed E-state index contributed by atoms with van der Waals surface area (Å²) in [5.41, 5.74) is 1.27. The first-order valence-corrected chi connectivity index (χ1v) is 8.63. The van der Waals surface area contributed by atoms with E-state index < -0.39 is 5.97 Å². The van der Waals surface area contributed by atoms with Gasteiger partial charge in [-0.1, -0.05) is 35.1 Å². The van der Waals surface area contributed by atoms with Gasteiger partial charge in [0.2, 0.25) is 10.9 Å². The number of aromatic nitrogens is 5. The second kappa shape index (κ2) is 7.00. The molecule has 1 aromatic carbocycles. The Hall–Kier alpha value is -3.14. The third-order valence-corrected chi connectivity index (χ3v) is 4.49. The number of aryl methyl sites for hydroxylation is 1. The van der Waals surface area contributed by atoms with Gasteiger partial charge in [0, 0.05) is 18.5 Å². The highest BCUT2D eigenvalue weighted by Crippen LogP contribution is 2.28. The monoisotopic (exact) mass is 371 g/mol. The summed E-state index contributed by atoms with van der Waals surface area (Å²) < 4.78 is 17.7. The Balaban J connectivity index is 1.34. The quantitative estimate of drug-likeness (QED) is 0.373. The van der Waals surface area contributed by atoms with E-state index in [0.717, 1.165) is 11.0 Å². The lowest BCUT2D eigenvalue weighted by molar-refractivity contribution is -0.141. The van der Waals surface area contributed by atoms with E-state index in [1.807, 2.05) is 30.3 Å². The zero-order valence-electron chi connectivity index (χ0n) is 13.7. The molecule has 26 heavy (non-hydrogen) atoms. The predicted octanol–water partition coefficient (Wildman–Crippen LogP) is 2.45. The summed E-state index contributed by atoms with van der Waals surface area (Å²) in [7, 11) is 1.70. The second-order valence-electron chi connectivity index (χ2n) is 5.37. The van der Waals surface area contributed by atoms with Crippen LogP contribution in [-0.4, -0.2) is 37.1 Å². The van der Waals surface area contributed by atoms with Crippen molar-refractivity contribution >= 4 is 28.7 Å². The molecule has 0 saturated heterocycles. The highest BCUT2D eigenvalue weighted by atomic mass is 32.2. The summed E-state index contributed by atoms with van der Waals surface area (Å²) in [5.74, 6) is 0.752. The Morgan fingerprint density at radius 2 is 2.15 bits per heavy atom. The molecule has 0 atom stereocenters. The van der Waals surface area contributed by atoms with Crippen molar-refractivity contribution in [3.8, 4) is 11.5 Å². The number of nitrogens with zero attached hydrogens (tertiary/aromatic N) is 5. The summed E-state index contributed by atoms with van der Waals surface area (Å²) in [6.07, 6.45) is 0. The van der Waals surface area contributed by atoms with E-state index in [-0.39, 0.29) is 12.4 Å². The molecule has 10 heteroatoms. The van der Waals surface area contributed by atoms with Gasteiger partial charge in [0.05, 0.1) is 5.75 Å². The van der Waals surface area contributed by atoms with Crippen LogP contribution in [0.25, 0.3) is 22.5 Å². The van der Waals surface area contributed by atoms with Crippen molar-refractivity contribution in [3.05, 3.63) is 42.1 Å². The van der Waals surface area contributed by atoms with Crippen LogP contribution in [-0.2, 0) is 23.2 Å². The Kier molecular flexibility index (Phi) is 4.40. The minimum atomic E-state index is -0.397. The number of benzene rings is 1. The highest BCUT2D eigenvalue weighted by molar-refractivity contribution is 7.99. The van der Waals surface area contributed by atoms with Crippen LogP contribution in [0, 0.1) is 0 Å². The largest absolute Gasteiger partial charge is 0.458 e. The van der Waals surface area contributed by atoms with Gasteiger partial charge in [0.15, 0.2) is 5.76 Å². The number of hydrogen-bond acceptors (Lipinski definition) is 9. The molecule has 9 nitrogen and oxygen atoms in total. The summed E-state index contributed by atoms with van der Waals surface area (Å²) in [6, 6.07) is 11.2. The van der Waals surface area contributed by atoms with Crippen LogP contribution in [0.3, 0.4) is 0 Å². The molecule has 3 heterocycles. The molecule has 3 aromatic heterocycles. The predicted molar refractivity (Wildman–Crippen MR) is 91.0 cm³/mol. The summed E-state index contributed by atoms with van der Waals surface area (Å²) in [5, 5.41) is 16.4. The first kappa shape index (κ1) is 16.3. The van der Waals surface area contributed by atoms with E-state index in [0.29, 0.717) is 22.4 Å². The molecule has 0 spiro atoms. The van der Waals surface area contributed by atoms with Gasteiger partial charge in [0.1, 0.15) is 17.9 Å². The average Bonchev–Trinajstić information content (AvgIpc) is 3.37. The number of esters is 1. The van der Waals surface area contributed by atoms with E-state index in [2.05, 4.69) is 20.7 Å². The van der Waals surface area contributed by atoms with Crippen molar-refractivity contribution in [2.75, 3.05) is 5.75 Å². The van der Waals surface area contributed by atoms with Crippen molar-refractivity contribution < 1.29 is 18.5 Å². The highest BCUT2D eigenvalue weighted by Gasteiger charge is 2.14. The maximum absolute atomic E-state index is 11.8. The van der Waals surface area contributed by atoms with Gasteiger partial charge < -0.3 is 13.7 Å². The Bertz CT molecular complexity index is 1020. The molecule has 0 aliphatic carbocycles. The lowest BCUT2D eigenvalue weighted by Gasteiger charge is -2.01. The van der Waals surface area contributed by atoms with Gasteiger partial charge in [-0.3, -0.25) is 4.79 Å². The molecular weight excluding hydrogens is 358 g/mol. The molecule has 0 bridgehead atoms. The van der Waals surface area contributed by atoms with Gasteiger partial charge >= 0.3 is 5.97 Å². The van der Waals surface area contributed by atoms with Crippen LogP contribution >= 0.6 is 11.8 Å². The first-order chi connectivity index (χ1) is 12.7. The first-order valence-electron chi connectivity index (χ1n) is 7.64. The fourth-order valence-corrected chi connectivity index (χ4v) is 2.91. The van der Waals surface area contributed by atoms with Gasteiger partial charge in [-0.25, -0.2) is 4.68 Å². The van der Waals surface area contributed by atoms with E-state index in [4.69, 9.17) is 13.7 Å². The number of para-hydroxylation sites is 1. The number of furan rings is 1. The summed E-state index contributed by atoms with van der Waals surface area (Å²) in [4.78, 5) is 11.8. The number of carbonyl (C=O) groups is 1. The SMILES string of the molecule is Cn1nnnc1SCC(=O)OCc1cc(-c2cc3ccccc3o2)on1. The number of ether oxygens (including phenoxy) is 1. The topological polar surface area (TPSA) is 109 Å². The Morgan fingerprint density at radius 3 is 2.96 bits per heavy atom. The van der Waals surface area contributed by atoms with Crippen LogP contribution in [0.4, 0.5) is 0 Å². The van der Waals surface area contributed by atoms with Crippen molar-refractivity contribution in [1.82, 2.24) is 25.4 Å². The van der Waals surface area contributed by atoms with E-state index >= 15 is 0 Å². The molecule has 4 rings (SSSR count). The zero-order chi connectivity index (χ0) is 17.9. The fraction of sp³-hybridized carbons (Fsp3) is 0.188.